The molecule has 0 aliphatic rings. The first kappa shape index (κ1) is 22.0. The van der Waals surface area contributed by atoms with Gasteiger partial charge >= 0.3 is 0 Å². The number of amidine groups is 1. The number of ether oxygens (including phenoxy) is 1. The minimum atomic E-state index is -0.302. The molecule has 0 unspecified atom stereocenters. The van der Waals surface area contributed by atoms with Gasteiger partial charge < -0.3 is 15.5 Å². The van der Waals surface area contributed by atoms with Crippen molar-refractivity contribution in [2.24, 2.45) is 5.73 Å². The fraction of sp³-hybridized carbons (Fsp3) is 0.0435. The van der Waals surface area contributed by atoms with Crippen molar-refractivity contribution < 1.29 is 9.13 Å². The summed E-state index contributed by atoms with van der Waals surface area (Å²) in [5.41, 5.74) is 10.1. The zero-order chi connectivity index (χ0) is 22.1. The largest absolute Gasteiger partial charge is 0.487 e. The Morgan fingerprint density at radius 1 is 1.06 bits per heavy atom. The molecule has 0 aliphatic carbocycles. The molecular weight excluding hydrogens is 445 g/mol. The first-order chi connectivity index (χ1) is 15.5. The van der Waals surface area contributed by atoms with Crippen LogP contribution in [-0.4, -0.2) is 30.8 Å². The van der Waals surface area contributed by atoms with Gasteiger partial charge in [0.15, 0.2) is 0 Å². The van der Waals surface area contributed by atoms with Gasteiger partial charge in [0.05, 0.1) is 22.9 Å². The summed E-state index contributed by atoms with van der Waals surface area (Å²) in [6.07, 6.45) is 1.74. The van der Waals surface area contributed by atoms with Crippen molar-refractivity contribution in [3.8, 4) is 22.8 Å². The second kappa shape index (κ2) is 9.09. The van der Waals surface area contributed by atoms with Crippen LogP contribution in [-0.2, 0) is 6.61 Å². The van der Waals surface area contributed by atoms with Gasteiger partial charge in [0.25, 0.3) is 0 Å². The molecule has 0 bridgehead atoms. The van der Waals surface area contributed by atoms with Crippen LogP contribution in [0.1, 0.15) is 11.3 Å². The minimum Gasteiger partial charge on any atom is -0.487 e. The molecule has 0 aliphatic heterocycles. The number of hydrogen-bond donors (Lipinski definition) is 3. The van der Waals surface area contributed by atoms with Crippen LogP contribution in [0.15, 0.2) is 72.9 Å². The molecule has 5 aromatic rings. The standard InChI is InChI=1S/C23H18FN7O.ClH/c24-16-4-6-18(7-5-16)31-12-17(29-30-31)13-32-19-8-1-14(2-9-19)23-27-20-10-3-15(22(25)26)11-21(20)28-23;/h1-12H,13H2,(H3,25,26)(H,27,28);1H. The SMILES string of the molecule is Cl.N=C(N)c1ccc2nc(-c3ccc(OCc4cn(-c5ccc(F)cc5)nn4)cc3)[nH]c2c1. The van der Waals surface area contributed by atoms with Gasteiger partial charge in [-0.3, -0.25) is 5.41 Å². The predicted octanol–water partition coefficient (Wildman–Crippen LogP) is 4.23. The number of benzene rings is 3. The molecule has 10 heteroatoms. The van der Waals surface area contributed by atoms with Crippen molar-refractivity contribution in [2.45, 2.75) is 6.61 Å². The molecule has 0 atom stereocenters. The number of hydrogen-bond acceptors (Lipinski definition) is 5. The number of H-pyrrole nitrogens is 1. The van der Waals surface area contributed by atoms with Gasteiger partial charge in [-0.1, -0.05) is 5.21 Å². The molecule has 5 rings (SSSR count). The Bertz CT molecular complexity index is 1410. The van der Waals surface area contributed by atoms with Crippen molar-refractivity contribution in [1.29, 1.82) is 5.41 Å². The van der Waals surface area contributed by atoms with Crippen molar-refractivity contribution >= 4 is 29.3 Å². The van der Waals surface area contributed by atoms with Crippen molar-refractivity contribution in [3.05, 3.63) is 90.0 Å². The van der Waals surface area contributed by atoms with E-state index in [-0.39, 0.29) is 30.7 Å². The molecule has 166 valence electrons. The number of aromatic nitrogens is 5. The number of aromatic amines is 1. The number of nitrogens with one attached hydrogen (secondary N) is 2. The number of rotatable bonds is 6. The molecule has 0 fully saturated rings. The lowest BCUT2D eigenvalue weighted by Crippen LogP contribution is -2.10. The molecule has 33 heavy (non-hydrogen) atoms. The van der Waals surface area contributed by atoms with E-state index in [1.165, 1.54) is 12.1 Å². The molecule has 0 spiro atoms. The summed E-state index contributed by atoms with van der Waals surface area (Å²) in [7, 11) is 0. The number of nitrogens with two attached hydrogens (primary N) is 1. The Labute approximate surface area is 194 Å². The summed E-state index contributed by atoms with van der Waals surface area (Å²) in [6, 6.07) is 19.0. The zero-order valence-electron chi connectivity index (χ0n) is 17.2. The molecule has 0 saturated carbocycles. The topological polar surface area (TPSA) is 118 Å². The van der Waals surface area contributed by atoms with Crippen molar-refractivity contribution in [2.75, 3.05) is 0 Å². The first-order valence-electron chi connectivity index (χ1n) is 9.80. The Kier molecular flexibility index (Phi) is 6.05. The molecule has 4 N–H and O–H groups in total. The van der Waals surface area contributed by atoms with E-state index >= 15 is 0 Å². The van der Waals surface area contributed by atoms with Gasteiger partial charge in [0.2, 0.25) is 0 Å². The highest BCUT2D eigenvalue weighted by atomic mass is 35.5. The summed E-state index contributed by atoms with van der Waals surface area (Å²) in [5, 5.41) is 15.7. The van der Waals surface area contributed by atoms with E-state index < -0.39 is 0 Å². The number of nitrogens with zero attached hydrogens (tertiary/aromatic N) is 4. The lowest BCUT2D eigenvalue weighted by atomic mass is 10.2. The molecule has 2 heterocycles. The fourth-order valence-electron chi connectivity index (χ4n) is 3.26. The Balaban J connectivity index is 0.00000259. The van der Waals surface area contributed by atoms with E-state index in [0.29, 0.717) is 17.0 Å². The van der Waals surface area contributed by atoms with Crippen molar-refractivity contribution in [1.82, 2.24) is 25.0 Å². The van der Waals surface area contributed by atoms with Gasteiger partial charge in [-0.25, -0.2) is 14.1 Å². The van der Waals surface area contributed by atoms with Crippen LogP contribution in [0, 0.1) is 11.2 Å². The van der Waals surface area contributed by atoms with Crippen molar-refractivity contribution in [3.63, 3.8) is 0 Å². The molecule has 3 aromatic carbocycles. The number of imidazole rings is 1. The highest BCUT2D eigenvalue weighted by Crippen LogP contribution is 2.24. The summed E-state index contributed by atoms with van der Waals surface area (Å²) in [4.78, 5) is 7.85. The molecule has 0 radical (unpaired) electrons. The maximum Gasteiger partial charge on any atom is 0.138 e. The van der Waals surface area contributed by atoms with Gasteiger partial charge in [-0.2, -0.15) is 0 Å². The minimum absolute atomic E-state index is 0. The van der Waals surface area contributed by atoms with E-state index in [0.717, 1.165) is 28.1 Å². The second-order valence-corrected chi connectivity index (χ2v) is 7.17. The van der Waals surface area contributed by atoms with Gasteiger partial charge in [0, 0.05) is 11.1 Å². The third-order valence-electron chi connectivity index (χ3n) is 4.94. The highest BCUT2D eigenvalue weighted by Gasteiger charge is 2.08. The quantitative estimate of drug-likeness (QED) is 0.257. The number of halogens is 2. The van der Waals surface area contributed by atoms with E-state index in [9.17, 15) is 4.39 Å². The summed E-state index contributed by atoms with van der Waals surface area (Å²) in [5.74, 6) is 1.11. The van der Waals surface area contributed by atoms with Gasteiger partial charge in [0.1, 0.15) is 35.5 Å². The Morgan fingerprint density at radius 3 is 2.55 bits per heavy atom. The van der Waals surface area contributed by atoms with E-state index in [1.807, 2.05) is 36.4 Å². The van der Waals surface area contributed by atoms with Crippen LogP contribution < -0.4 is 10.5 Å². The zero-order valence-corrected chi connectivity index (χ0v) is 18.0. The van der Waals surface area contributed by atoms with Crippen LogP contribution in [0.4, 0.5) is 4.39 Å². The van der Waals surface area contributed by atoms with E-state index in [2.05, 4.69) is 20.3 Å². The second-order valence-electron chi connectivity index (χ2n) is 7.17. The van der Waals surface area contributed by atoms with Crippen LogP contribution in [0.25, 0.3) is 28.1 Å². The predicted molar refractivity (Wildman–Crippen MR) is 125 cm³/mol. The lowest BCUT2D eigenvalue weighted by Gasteiger charge is -2.04. The normalized spacial score (nSPS) is 10.7. The smallest absolute Gasteiger partial charge is 0.138 e. The molecule has 0 amide bonds. The van der Waals surface area contributed by atoms with Crippen LogP contribution in [0.2, 0.25) is 0 Å². The van der Waals surface area contributed by atoms with E-state index in [4.69, 9.17) is 15.9 Å². The molecule has 8 nitrogen and oxygen atoms in total. The maximum atomic E-state index is 13.1. The Hall–Kier alpha value is -4.24. The Morgan fingerprint density at radius 2 is 1.82 bits per heavy atom. The first-order valence-corrected chi connectivity index (χ1v) is 9.80. The van der Waals surface area contributed by atoms with Crippen LogP contribution >= 0.6 is 12.4 Å². The maximum absolute atomic E-state index is 13.1. The summed E-state index contributed by atoms with van der Waals surface area (Å²) in [6.45, 7) is 0.249. The number of nitrogen functional groups attached to an aromatic ring is 1. The molecular formula is C23H19ClFN7O. The molecule has 2 aromatic heterocycles. The third kappa shape index (κ3) is 4.68. The van der Waals surface area contributed by atoms with Crippen LogP contribution in [0.5, 0.6) is 5.75 Å². The monoisotopic (exact) mass is 463 g/mol. The average molecular weight is 464 g/mol. The highest BCUT2D eigenvalue weighted by molar-refractivity contribution is 5.98. The van der Waals surface area contributed by atoms with Gasteiger partial charge in [-0.05, 0) is 66.7 Å². The van der Waals surface area contributed by atoms with E-state index in [1.54, 1.807) is 29.1 Å². The summed E-state index contributed by atoms with van der Waals surface area (Å²) < 4.78 is 20.4. The van der Waals surface area contributed by atoms with Gasteiger partial charge in [-0.15, -0.1) is 17.5 Å². The molecule has 0 saturated heterocycles. The summed E-state index contributed by atoms with van der Waals surface area (Å²) >= 11 is 0. The lowest BCUT2D eigenvalue weighted by molar-refractivity contribution is 0.301. The third-order valence-corrected chi connectivity index (χ3v) is 4.94. The fourth-order valence-corrected chi connectivity index (χ4v) is 3.26. The van der Waals surface area contributed by atoms with Crippen LogP contribution in [0.3, 0.4) is 0 Å². The number of fused-ring (bicyclic) bond motifs is 1. The average Bonchev–Trinajstić information content (AvgIpc) is 3.45.